The summed E-state index contributed by atoms with van der Waals surface area (Å²) in [6.07, 6.45) is 1.98. The second-order valence-electron chi connectivity index (χ2n) is 6.72. The molecule has 2 heterocycles. The predicted octanol–water partition coefficient (Wildman–Crippen LogP) is 3.76. The number of pyridine rings is 1. The molecule has 0 saturated heterocycles. The number of aromatic nitrogens is 2. The number of rotatable bonds is 2. The van der Waals surface area contributed by atoms with Gasteiger partial charge in [-0.3, -0.25) is 10.1 Å². The average molecular weight is 308 g/mol. The van der Waals surface area contributed by atoms with Gasteiger partial charge in [-0.1, -0.05) is 36.4 Å². The minimum absolute atomic E-state index is 0.00508. The molecule has 1 aromatic carbocycles. The molecule has 0 saturated carbocycles. The number of nitrogens with zero attached hydrogens (tertiary/aromatic N) is 2. The van der Waals surface area contributed by atoms with Crippen molar-refractivity contribution in [2.45, 2.75) is 33.2 Å². The Morgan fingerprint density at radius 2 is 1.70 bits per heavy atom. The summed E-state index contributed by atoms with van der Waals surface area (Å²) in [6, 6.07) is 15.9. The van der Waals surface area contributed by atoms with Crippen LogP contribution in [0.4, 0.5) is 5.82 Å². The molecule has 3 aromatic rings. The summed E-state index contributed by atoms with van der Waals surface area (Å²) in [4.78, 5) is 12.4. The largest absolute Gasteiger partial charge is 0.298 e. The fourth-order valence-electron chi connectivity index (χ4n) is 2.80. The van der Waals surface area contributed by atoms with Gasteiger partial charge in [-0.05, 0) is 26.8 Å². The maximum Gasteiger partial charge on any atom is 0.284 e. The van der Waals surface area contributed by atoms with Crippen LogP contribution in [0.15, 0.2) is 54.7 Å². The first kappa shape index (κ1) is 15.3. The van der Waals surface area contributed by atoms with Crippen molar-refractivity contribution in [2.75, 3.05) is 5.32 Å². The monoisotopic (exact) mass is 308 g/mol. The fraction of sp³-hybridized carbons (Fsp3) is 0.263. The molecule has 3 rings (SSSR count). The molecule has 0 aliphatic rings. The molecule has 0 fully saturated rings. The average Bonchev–Trinajstić information content (AvgIpc) is 2.81. The van der Waals surface area contributed by atoms with E-state index in [1.807, 2.05) is 59.1 Å². The first-order chi connectivity index (χ1) is 10.9. The molecule has 0 bridgehead atoms. The molecule has 118 valence electrons. The van der Waals surface area contributed by atoms with Crippen LogP contribution in [0.1, 0.15) is 32.5 Å². The van der Waals surface area contributed by atoms with Crippen LogP contribution in [0.25, 0.3) is 16.9 Å². The van der Waals surface area contributed by atoms with Gasteiger partial charge in [-0.15, -0.1) is 0 Å². The van der Waals surface area contributed by atoms with E-state index in [-0.39, 0.29) is 11.4 Å². The first-order valence-corrected chi connectivity index (χ1v) is 7.78. The van der Waals surface area contributed by atoms with Crippen LogP contribution in [0.2, 0.25) is 0 Å². The predicted molar refractivity (Wildman–Crippen MR) is 92.7 cm³/mol. The number of carbonyl (C=O) groups excluding carboxylic acids is 1. The molecule has 0 aliphatic carbocycles. The van der Waals surface area contributed by atoms with Crippen molar-refractivity contribution in [3.63, 3.8) is 0 Å². The lowest BCUT2D eigenvalue weighted by Crippen LogP contribution is -2.33. The Labute approximate surface area is 136 Å². The highest BCUT2D eigenvalue weighted by molar-refractivity contribution is 5.89. The van der Waals surface area contributed by atoms with Gasteiger partial charge in [0.15, 0.2) is 5.69 Å². The van der Waals surface area contributed by atoms with Crippen molar-refractivity contribution in [3.8, 4) is 11.3 Å². The Hall–Kier alpha value is -2.62. The van der Waals surface area contributed by atoms with Crippen LogP contribution >= 0.6 is 0 Å². The molecule has 0 spiro atoms. The van der Waals surface area contributed by atoms with Gasteiger partial charge in [-0.2, -0.15) is 4.57 Å². The van der Waals surface area contributed by atoms with Crippen molar-refractivity contribution >= 4 is 17.4 Å². The van der Waals surface area contributed by atoms with Gasteiger partial charge in [0.25, 0.3) is 11.7 Å². The Kier molecular flexibility index (Phi) is 3.68. The zero-order valence-electron chi connectivity index (χ0n) is 14.0. The van der Waals surface area contributed by atoms with Crippen LogP contribution in [0, 0.1) is 0 Å². The first-order valence-electron chi connectivity index (χ1n) is 7.78. The van der Waals surface area contributed by atoms with Crippen molar-refractivity contribution in [3.05, 3.63) is 54.7 Å². The van der Waals surface area contributed by atoms with Gasteiger partial charge in [0.1, 0.15) is 0 Å². The number of fused-ring (bicyclic) bond motifs is 1. The number of hydrogen-bond acceptors (Lipinski definition) is 2. The van der Waals surface area contributed by atoms with E-state index in [9.17, 15) is 4.79 Å². The smallest absolute Gasteiger partial charge is 0.284 e. The van der Waals surface area contributed by atoms with Gasteiger partial charge in [0.2, 0.25) is 5.65 Å². The third kappa shape index (κ3) is 2.84. The van der Waals surface area contributed by atoms with Crippen LogP contribution in [0.5, 0.6) is 0 Å². The van der Waals surface area contributed by atoms with Gasteiger partial charge in [0.05, 0.1) is 11.7 Å². The topological polar surface area (TPSA) is 38.1 Å². The molecule has 0 atom stereocenters. The molecule has 4 nitrogen and oxygen atoms in total. The van der Waals surface area contributed by atoms with Crippen molar-refractivity contribution in [2.24, 2.45) is 0 Å². The Morgan fingerprint density at radius 1 is 1.04 bits per heavy atom. The van der Waals surface area contributed by atoms with Crippen molar-refractivity contribution < 1.29 is 9.20 Å². The van der Waals surface area contributed by atoms with Gasteiger partial charge < -0.3 is 0 Å². The SMILES string of the molecule is CC(=O)n1c(-c2ccccc2)c(NC(C)(C)C)[n+]2ccccc12. The van der Waals surface area contributed by atoms with Crippen molar-refractivity contribution in [1.82, 2.24) is 4.57 Å². The lowest BCUT2D eigenvalue weighted by molar-refractivity contribution is -0.495. The Morgan fingerprint density at radius 3 is 2.30 bits per heavy atom. The molecular formula is C19H22N3O+. The molecule has 0 radical (unpaired) electrons. The summed E-state index contributed by atoms with van der Waals surface area (Å²) >= 11 is 0. The molecular weight excluding hydrogens is 286 g/mol. The number of benzene rings is 1. The molecule has 1 N–H and O–H groups in total. The Balaban J connectivity index is 2.41. The zero-order valence-corrected chi connectivity index (χ0v) is 14.0. The van der Waals surface area contributed by atoms with Gasteiger partial charge >= 0.3 is 0 Å². The fourth-order valence-corrected chi connectivity index (χ4v) is 2.80. The summed E-state index contributed by atoms with van der Waals surface area (Å²) in [7, 11) is 0. The van der Waals surface area contributed by atoms with E-state index < -0.39 is 0 Å². The number of anilines is 1. The summed E-state index contributed by atoms with van der Waals surface area (Å²) in [6.45, 7) is 7.94. The van der Waals surface area contributed by atoms with Crippen LogP contribution in [-0.4, -0.2) is 16.0 Å². The van der Waals surface area contributed by atoms with E-state index in [4.69, 9.17) is 0 Å². The zero-order chi connectivity index (χ0) is 16.6. The van der Waals surface area contributed by atoms with Crippen LogP contribution in [0.3, 0.4) is 0 Å². The van der Waals surface area contributed by atoms with E-state index in [1.54, 1.807) is 11.5 Å². The molecule has 2 aromatic heterocycles. The minimum Gasteiger partial charge on any atom is -0.298 e. The van der Waals surface area contributed by atoms with E-state index >= 15 is 0 Å². The number of imidazole rings is 1. The quantitative estimate of drug-likeness (QED) is 0.732. The highest BCUT2D eigenvalue weighted by atomic mass is 16.1. The maximum absolute atomic E-state index is 12.4. The van der Waals surface area contributed by atoms with E-state index in [2.05, 4.69) is 26.1 Å². The standard InChI is InChI=1S/C19H22N3O/c1-14(23)22-16-12-8-9-13-21(16)18(20-19(2,3)4)17(22)15-10-6-5-7-11-15/h5-13,20H,1-4H3/q+1. The molecule has 0 aliphatic heterocycles. The second-order valence-corrected chi connectivity index (χ2v) is 6.72. The minimum atomic E-state index is -0.123. The van der Waals surface area contributed by atoms with Crippen LogP contribution in [-0.2, 0) is 0 Å². The van der Waals surface area contributed by atoms with Crippen LogP contribution < -0.4 is 9.72 Å². The number of carbonyl (C=O) groups is 1. The maximum atomic E-state index is 12.4. The Bertz CT molecular complexity index is 857. The van der Waals surface area contributed by atoms with E-state index in [0.717, 1.165) is 22.7 Å². The van der Waals surface area contributed by atoms with E-state index in [1.165, 1.54) is 0 Å². The number of nitrogens with one attached hydrogen (secondary N) is 1. The van der Waals surface area contributed by atoms with Gasteiger partial charge in [0, 0.05) is 18.6 Å². The molecule has 0 amide bonds. The third-order valence-corrected chi connectivity index (χ3v) is 3.61. The normalized spacial score (nSPS) is 11.7. The van der Waals surface area contributed by atoms with Gasteiger partial charge in [-0.25, -0.2) is 4.40 Å². The highest BCUT2D eigenvalue weighted by Gasteiger charge is 2.30. The summed E-state index contributed by atoms with van der Waals surface area (Å²) in [5, 5.41) is 3.56. The summed E-state index contributed by atoms with van der Waals surface area (Å²) < 4.78 is 3.80. The molecule has 23 heavy (non-hydrogen) atoms. The number of hydrogen-bond donors (Lipinski definition) is 1. The summed E-state index contributed by atoms with van der Waals surface area (Å²) in [5.74, 6) is 0.920. The molecule has 0 unspecified atom stereocenters. The highest BCUT2D eigenvalue weighted by Crippen LogP contribution is 2.30. The molecule has 4 heteroatoms. The summed E-state index contributed by atoms with van der Waals surface area (Å²) in [5.41, 5.74) is 2.63. The lowest BCUT2D eigenvalue weighted by Gasteiger charge is -2.17. The third-order valence-electron chi connectivity index (χ3n) is 3.61. The van der Waals surface area contributed by atoms with Crippen molar-refractivity contribution in [1.29, 1.82) is 0 Å². The second kappa shape index (κ2) is 5.54. The lowest BCUT2D eigenvalue weighted by atomic mass is 10.1. The van der Waals surface area contributed by atoms with E-state index in [0.29, 0.717) is 0 Å².